The Morgan fingerprint density at radius 2 is 2.11 bits per heavy atom. The second-order valence-electron chi connectivity index (χ2n) is 3.68. The fraction of sp³-hybridized carbons (Fsp3) is 0.600. The van der Waals surface area contributed by atoms with Gasteiger partial charge < -0.3 is 15.5 Å². The van der Waals surface area contributed by atoms with E-state index in [2.05, 4.69) is 25.6 Å². The normalized spacial score (nSPS) is 10.0. The Balaban J connectivity index is 2.80. The van der Waals surface area contributed by atoms with Crippen LogP contribution in [0.15, 0.2) is 0 Å². The van der Waals surface area contributed by atoms with Crippen LogP contribution in [0.2, 0.25) is 5.28 Å². The van der Waals surface area contributed by atoms with E-state index in [1.165, 1.54) is 0 Å². The summed E-state index contributed by atoms with van der Waals surface area (Å²) < 4.78 is 0. The fourth-order valence-electron chi connectivity index (χ4n) is 1.19. The predicted molar refractivity (Wildman–Crippen MR) is 71.0 cm³/mol. The smallest absolute Gasteiger partial charge is 0.239 e. The second kappa shape index (κ2) is 6.95. The van der Waals surface area contributed by atoms with Crippen LogP contribution in [0.3, 0.4) is 0 Å². The average Bonchev–Trinajstić information content (AvgIpc) is 2.35. The Bertz CT molecular complexity index is 413. The lowest BCUT2D eigenvalue weighted by molar-refractivity contribution is -0.119. The molecule has 0 spiro atoms. The van der Waals surface area contributed by atoms with Gasteiger partial charge in [-0.05, 0) is 18.0 Å². The van der Waals surface area contributed by atoms with Crippen LogP contribution >= 0.6 is 11.6 Å². The van der Waals surface area contributed by atoms with Crippen molar-refractivity contribution in [2.24, 2.45) is 0 Å². The number of carbonyl (C=O) groups excluding carboxylic acids is 1. The summed E-state index contributed by atoms with van der Waals surface area (Å²) in [5, 5.41) is 5.65. The van der Waals surface area contributed by atoms with Gasteiger partial charge in [0.2, 0.25) is 23.1 Å². The van der Waals surface area contributed by atoms with Crippen LogP contribution in [0.5, 0.6) is 0 Å². The Hall–Kier alpha value is -1.63. The van der Waals surface area contributed by atoms with Crippen molar-refractivity contribution in [1.29, 1.82) is 0 Å². The van der Waals surface area contributed by atoms with Crippen LogP contribution < -0.4 is 15.5 Å². The van der Waals surface area contributed by atoms with Crippen molar-refractivity contribution in [2.45, 2.75) is 13.3 Å². The number of halogens is 1. The van der Waals surface area contributed by atoms with Crippen molar-refractivity contribution in [3.8, 4) is 0 Å². The Kier molecular flexibility index (Phi) is 5.57. The molecule has 8 heteroatoms. The second-order valence-corrected chi connectivity index (χ2v) is 4.02. The Labute approximate surface area is 111 Å². The fourth-order valence-corrected chi connectivity index (χ4v) is 1.35. The molecule has 1 amide bonds. The first kappa shape index (κ1) is 14.4. The summed E-state index contributed by atoms with van der Waals surface area (Å²) in [6.07, 6.45) is 0.951. The lowest BCUT2D eigenvalue weighted by atomic mass is 10.5. The summed E-state index contributed by atoms with van der Waals surface area (Å²) in [5.41, 5.74) is 0. The molecule has 1 aromatic rings. The predicted octanol–water partition coefficient (Wildman–Crippen LogP) is 0.529. The summed E-state index contributed by atoms with van der Waals surface area (Å²) in [7, 11) is 3.29. The van der Waals surface area contributed by atoms with Gasteiger partial charge in [-0.15, -0.1) is 0 Å². The summed E-state index contributed by atoms with van der Waals surface area (Å²) in [5.74, 6) is 0.643. The van der Waals surface area contributed by atoms with Gasteiger partial charge in [0.25, 0.3) is 0 Å². The maximum Gasteiger partial charge on any atom is 0.239 e. The first-order valence-electron chi connectivity index (χ1n) is 5.64. The molecule has 0 aliphatic carbocycles. The van der Waals surface area contributed by atoms with Gasteiger partial charge in [-0.3, -0.25) is 4.79 Å². The van der Waals surface area contributed by atoms with Crippen LogP contribution in [0.1, 0.15) is 13.3 Å². The van der Waals surface area contributed by atoms with Gasteiger partial charge in [-0.1, -0.05) is 6.92 Å². The molecule has 100 valence electrons. The van der Waals surface area contributed by atoms with E-state index in [-0.39, 0.29) is 17.7 Å². The van der Waals surface area contributed by atoms with Gasteiger partial charge in [0.1, 0.15) is 0 Å². The summed E-state index contributed by atoms with van der Waals surface area (Å²) in [6, 6.07) is 0. The first-order valence-corrected chi connectivity index (χ1v) is 6.01. The monoisotopic (exact) mass is 272 g/mol. The molecule has 0 radical (unpaired) electrons. The quantitative estimate of drug-likeness (QED) is 0.786. The van der Waals surface area contributed by atoms with Crippen molar-refractivity contribution in [3.05, 3.63) is 5.28 Å². The molecule has 7 nitrogen and oxygen atoms in total. The van der Waals surface area contributed by atoms with Crippen molar-refractivity contribution in [3.63, 3.8) is 0 Å². The lowest BCUT2D eigenvalue weighted by Gasteiger charge is -2.16. The molecule has 1 heterocycles. The van der Waals surface area contributed by atoms with Crippen molar-refractivity contribution < 1.29 is 4.79 Å². The van der Waals surface area contributed by atoms with Gasteiger partial charge in [-0.2, -0.15) is 15.0 Å². The van der Waals surface area contributed by atoms with Gasteiger partial charge in [-0.25, -0.2) is 0 Å². The molecule has 1 aromatic heterocycles. The van der Waals surface area contributed by atoms with Gasteiger partial charge in [0, 0.05) is 20.6 Å². The van der Waals surface area contributed by atoms with E-state index in [9.17, 15) is 4.79 Å². The number of likely N-dealkylation sites (N-methyl/N-ethyl adjacent to an activating group) is 2. The molecule has 0 unspecified atom stereocenters. The van der Waals surface area contributed by atoms with E-state index in [0.717, 1.165) is 13.0 Å². The molecule has 2 N–H and O–H groups in total. The highest BCUT2D eigenvalue weighted by Gasteiger charge is 2.11. The summed E-state index contributed by atoms with van der Waals surface area (Å²) in [4.78, 5) is 25.0. The lowest BCUT2D eigenvalue weighted by Crippen LogP contribution is -2.34. The van der Waals surface area contributed by atoms with Crippen LogP contribution in [0.25, 0.3) is 0 Å². The first-order chi connectivity index (χ1) is 8.56. The number of anilines is 2. The third-order valence-corrected chi connectivity index (χ3v) is 2.30. The summed E-state index contributed by atoms with van der Waals surface area (Å²) >= 11 is 5.81. The number of nitrogens with one attached hydrogen (secondary N) is 2. The largest absolute Gasteiger partial charge is 0.358 e. The molecular weight excluding hydrogens is 256 g/mol. The number of nitrogens with zero attached hydrogens (tertiary/aromatic N) is 4. The topological polar surface area (TPSA) is 83.0 Å². The van der Waals surface area contributed by atoms with Crippen molar-refractivity contribution in [2.75, 3.05) is 37.4 Å². The van der Waals surface area contributed by atoms with Crippen molar-refractivity contribution in [1.82, 2.24) is 20.3 Å². The molecule has 0 saturated carbocycles. The molecule has 0 saturated heterocycles. The molecule has 0 bridgehead atoms. The minimum atomic E-state index is -0.128. The summed E-state index contributed by atoms with van der Waals surface area (Å²) in [6.45, 7) is 2.94. The molecule has 0 atom stereocenters. The van der Waals surface area contributed by atoms with Crippen LogP contribution in [-0.4, -0.2) is 48.0 Å². The molecular formula is C10H17ClN6O. The van der Waals surface area contributed by atoms with E-state index in [0.29, 0.717) is 11.9 Å². The minimum absolute atomic E-state index is 0.0994. The number of rotatable bonds is 6. The molecule has 0 aromatic carbocycles. The standard InChI is InChI=1S/C10H17ClN6O/c1-4-5-13-9-14-8(11)15-10(16-9)17(3)6-7(18)12-2/h4-6H2,1-3H3,(H,12,18)(H,13,14,15,16). The maximum absolute atomic E-state index is 11.3. The maximum atomic E-state index is 11.3. The third-order valence-electron chi connectivity index (χ3n) is 2.13. The highest BCUT2D eigenvalue weighted by atomic mass is 35.5. The number of aromatic nitrogens is 3. The number of carbonyl (C=O) groups is 1. The molecule has 0 aliphatic rings. The third kappa shape index (κ3) is 4.33. The zero-order valence-corrected chi connectivity index (χ0v) is 11.5. The van der Waals surface area contributed by atoms with E-state index < -0.39 is 0 Å². The molecule has 0 fully saturated rings. The number of hydrogen-bond donors (Lipinski definition) is 2. The average molecular weight is 273 g/mol. The Morgan fingerprint density at radius 1 is 1.39 bits per heavy atom. The van der Waals surface area contributed by atoms with Gasteiger partial charge in [0.15, 0.2) is 0 Å². The van der Waals surface area contributed by atoms with E-state index in [4.69, 9.17) is 11.6 Å². The highest BCUT2D eigenvalue weighted by molar-refractivity contribution is 6.28. The number of hydrogen-bond acceptors (Lipinski definition) is 6. The van der Waals surface area contributed by atoms with E-state index >= 15 is 0 Å². The zero-order valence-electron chi connectivity index (χ0n) is 10.7. The molecule has 1 rings (SSSR count). The Morgan fingerprint density at radius 3 is 2.72 bits per heavy atom. The molecule has 18 heavy (non-hydrogen) atoms. The van der Waals surface area contributed by atoms with Gasteiger partial charge in [0.05, 0.1) is 6.54 Å². The van der Waals surface area contributed by atoms with Gasteiger partial charge >= 0.3 is 0 Å². The van der Waals surface area contributed by atoms with E-state index in [1.807, 2.05) is 6.92 Å². The SMILES string of the molecule is CCCNc1nc(Cl)nc(N(C)CC(=O)NC)n1. The van der Waals surface area contributed by atoms with Crippen molar-refractivity contribution >= 4 is 29.4 Å². The van der Waals surface area contributed by atoms with Crippen LogP contribution in [0.4, 0.5) is 11.9 Å². The zero-order chi connectivity index (χ0) is 13.5. The minimum Gasteiger partial charge on any atom is -0.358 e. The van der Waals surface area contributed by atoms with Crippen LogP contribution in [-0.2, 0) is 4.79 Å². The molecule has 0 aliphatic heterocycles. The van der Waals surface area contributed by atoms with E-state index in [1.54, 1.807) is 19.0 Å². The number of amides is 1. The highest BCUT2D eigenvalue weighted by Crippen LogP contribution is 2.12. The van der Waals surface area contributed by atoms with Crippen LogP contribution in [0, 0.1) is 0 Å².